The summed E-state index contributed by atoms with van der Waals surface area (Å²) in [6, 6.07) is -9.15. The Balaban J connectivity index is 3.93. The highest BCUT2D eigenvalue weighted by Gasteiger charge is 2.90. The van der Waals surface area contributed by atoms with Crippen molar-refractivity contribution in [3.63, 3.8) is 0 Å². The van der Waals surface area contributed by atoms with E-state index in [4.69, 9.17) is 0 Å². The SMILES string of the molecule is FC(F)C(F)(F)C(F)(F)C(F)(F)C(F)(F)C(F)(F)COc1nc(OCC(F)(F)C(F)(F)C(F)(F)C(F)(F)C(F)(F)C(F)F)nc(OCC(F)(F)C(F)(F)C(F)(F)C(F)(F)C(F)(F)C(F)F)n1. The molecule has 0 atom stereocenters. The van der Waals surface area contributed by atoms with Crippen LogP contribution in [0.3, 0.4) is 0 Å². The smallest absolute Gasteiger partial charge is 0.384 e. The van der Waals surface area contributed by atoms with Gasteiger partial charge in [0.15, 0.2) is 19.8 Å². The molecular formula is C24H9F36N3O3. The fourth-order valence-corrected chi connectivity index (χ4v) is 3.57. The average molecular weight is 1070 g/mol. The lowest BCUT2D eigenvalue weighted by Gasteiger charge is -2.39. The number of hydrogen-bond donors (Lipinski definition) is 0. The van der Waals surface area contributed by atoms with Crippen molar-refractivity contribution in [3.05, 3.63) is 0 Å². The van der Waals surface area contributed by atoms with E-state index in [9.17, 15) is 158 Å². The van der Waals surface area contributed by atoms with Gasteiger partial charge in [-0.15, -0.1) is 15.0 Å². The average Bonchev–Trinajstić information content (AvgIpc) is 3.14. The van der Waals surface area contributed by atoms with Crippen molar-refractivity contribution in [3.8, 4) is 18.0 Å². The summed E-state index contributed by atoms with van der Waals surface area (Å²) in [5.74, 6) is -120. The summed E-state index contributed by atoms with van der Waals surface area (Å²) in [6.07, 6.45) is -18.3. The van der Waals surface area contributed by atoms with Crippen molar-refractivity contribution in [1.29, 1.82) is 0 Å². The van der Waals surface area contributed by atoms with Crippen LogP contribution in [0.5, 0.6) is 18.0 Å². The number of hydrogen-bond acceptors (Lipinski definition) is 6. The molecule has 1 aromatic rings. The van der Waals surface area contributed by atoms with E-state index in [-0.39, 0.29) is 0 Å². The zero-order valence-corrected chi connectivity index (χ0v) is 29.0. The summed E-state index contributed by atoms with van der Waals surface area (Å²) in [5.41, 5.74) is 0. The number of halogens is 36. The van der Waals surface area contributed by atoms with E-state index in [1.807, 2.05) is 15.0 Å². The van der Waals surface area contributed by atoms with Crippen LogP contribution in [0.2, 0.25) is 0 Å². The van der Waals surface area contributed by atoms with Crippen LogP contribution in [-0.4, -0.2) is 143 Å². The molecule has 1 heterocycles. The highest BCUT2D eigenvalue weighted by molar-refractivity contribution is 5.15. The predicted octanol–water partition coefficient (Wildman–Crippen LogP) is 11.3. The second-order valence-corrected chi connectivity index (χ2v) is 12.1. The largest absolute Gasteiger partial charge is 0.457 e. The molecule has 0 aliphatic heterocycles. The Bertz CT molecular complexity index is 1610. The molecule has 390 valence electrons. The van der Waals surface area contributed by atoms with E-state index in [2.05, 4.69) is 14.2 Å². The molecule has 66 heavy (non-hydrogen) atoms. The van der Waals surface area contributed by atoms with Gasteiger partial charge in [0.25, 0.3) is 0 Å². The monoisotopic (exact) mass is 1070 g/mol. The molecule has 0 unspecified atom stereocenters. The van der Waals surface area contributed by atoms with E-state index in [0.717, 1.165) is 0 Å². The van der Waals surface area contributed by atoms with Crippen molar-refractivity contribution < 1.29 is 172 Å². The van der Waals surface area contributed by atoms with Crippen LogP contribution >= 0.6 is 0 Å². The van der Waals surface area contributed by atoms with Crippen molar-refractivity contribution >= 4 is 0 Å². The molecule has 0 fully saturated rings. The van der Waals surface area contributed by atoms with E-state index >= 15 is 0 Å². The van der Waals surface area contributed by atoms with E-state index in [1.54, 1.807) is 0 Å². The summed E-state index contributed by atoms with van der Waals surface area (Å²) in [7, 11) is 0. The quantitative estimate of drug-likeness (QED) is 0.0961. The molecule has 0 amide bonds. The number of alkyl halides is 36. The lowest BCUT2D eigenvalue weighted by molar-refractivity contribution is -0.414. The van der Waals surface area contributed by atoms with E-state index < -0.39 is 146 Å². The molecule has 42 heteroatoms. The number of aromatic nitrogens is 3. The van der Waals surface area contributed by atoms with Crippen LogP contribution in [0.1, 0.15) is 0 Å². The molecule has 0 bridgehead atoms. The van der Waals surface area contributed by atoms with Gasteiger partial charge >= 0.3 is 126 Å². The molecule has 1 rings (SSSR count). The maximum atomic E-state index is 14.2. The fourth-order valence-electron chi connectivity index (χ4n) is 3.57. The van der Waals surface area contributed by atoms with Gasteiger partial charge in [0.1, 0.15) is 0 Å². The van der Waals surface area contributed by atoms with Gasteiger partial charge in [0.05, 0.1) is 0 Å². The first-order chi connectivity index (χ1) is 28.6. The Kier molecular flexibility index (Phi) is 15.6. The Morgan fingerprint density at radius 3 is 0.545 bits per heavy atom. The molecule has 0 spiro atoms. The first kappa shape index (κ1) is 59.9. The maximum absolute atomic E-state index is 14.2. The zero-order chi connectivity index (χ0) is 53.3. The van der Waals surface area contributed by atoms with Crippen LogP contribution in [0.4, 0.5) is 158 Å². The van der Waals surface area contributed by atoms with Gasteiger partial charge in [-0.2, -0.15) is 132 Å². The van der Waals surface area contributed by atoms with Crippen LogP contribution in [0, 0.1) is 0 Å². The molecule has 0 aliphatic rings. The Hall–Kier alpha value is -4.11. The lowest BCUT2D eigenvalue weighted by atomic mass is 9.94. The number of nitrogens with zero attached hydrogens (tertiary/aromatic N) is 3. The predicted molar refractivity (Wildman–Crippen MR) is 129 cm³/mol. The van der Waals surface area contributed by atoms with Gasteiger partial charge in [-0.25, -0.2) is 26.3 Å². The van der Waals surface area contributed by atoms with Crippen molar-refractivity contribution in [2.24, 2.45) is 0 Å². The van der Waals surface area contributed by atoms with Crippen LogP contribution in [0.25, 0.3) is 0 Å². The van der Waals surface area contributed by atoms with Gasteiger partial charge in [0.2, 0.25) is 0 Å². The van der Waals surface area contributed by atoms with Crippen molar-refractivity contribution in [2.45, 2.75) is 108 Å². The third-order valence-corrected chi connectivity index (χ3v) is 7.54. The minimum atomic E-state index is -8.45. The van der Waals surface area contributed by atoms with E-state index in [1.165, 1.54) is 0 Å². The number of rotatable bonds is 24. The summed E-state index contributed by atoms with van der Waals surface area (Å²) in [5, 5.41) is 0. The normalized spacial score (nSPS) is 15.9. The molecular weight excluding hydrogens is 1060 g/mol. The summed E-state index contributed by atoms with van der Waals surface area (Å²) >= 11 is 0. The van der Waals surface area contributed by atoms with Crippen molar-refractivity contribution in [2.75, 3.05) is 19.8 Å². The lowest BCUT2D eigenvalue weighted by Crippen LogP contribution is -2.69. The Morgan fingerprint density at radius 1 is 0.258 bits per heavy atom. The highest BCUT2D eigenvalue weighted by Crippen LogP contribution is 2.61. The zero-order valence-electron chi connectivity index (χ0n) is 29.0. The molecule has 0 radical (unpaired) electrons. The minimum Gasteiger partial charge on any atom is -0.457 e. The second-order valence-electron chi connectivity index (χ2n) is 12.1. The van der Waals surface area contributed by atoms with Crippen LogP contribution in [-0.2, 0) is 0 Å². The molecule has 1 aromatic heterocycles. The van der Waals surface area contributed by atoms with Crippen molar-refractivity contribution in [1.82, 2.24) is 15.0 Å². The second kappa shape index (κ2) is 17.1. The first-order valence-electron chi connectivity index (χ1n) is 14.7. The molecule has 0 saturated heterocycles. The van der Waals surface area contributed by atoms with Crippen LogP contribution < -0.4 is 14.2 Å². The van der Waals surface area contributed by atoms with Gasteiger partial charge in [0, 0.05) is 0 Å². The topological polar surface area (TPSA) is 66.4 Å². The molecule has 0 saturated carbocycles. The molecule has 0 aliphatic carbocycles. The third kappa shape index (κ3) is 9.00. The maximum Gasteiger partial charge on any atom is 0.384 e. The molecule has 6 nitrogen and oxygen atoms in total. The van der Waals surface area contributed by atoms with Gasteiger partial charge in [-0.05, 0) is 0 Å². The Labute approximate surface area is 334 Å². The van der Waals surface area contributed by atoms with Gasteiger partial charge in [-0.1, -0.05) is 0 Å². The summed E-state index contributed by atoms with van der Waals surface area (Å²) in [4.78, 5) is 5.81. The first-order valence-corrected chi connectivity index (χ1v) is 14.7. The van der Waals surface area contributed by atoms with Gasteiger partial charge in [-0.3, -0.25) is 0 Å². The summed E-state index contributed by atoms with van der Waals surface area (Å²) < 4.78 is 494. The standard InChI is InChI=1S/C24H9F36N3O3/c25-4(26)13(37,38)19(49,50)22(55,56)16(43,44)10(31,32)1-64-7-61-8(65-2-11(33,34)17(45,46)23(57,58)20(51,52)14(39,40)5(27)28)63-9(62-7)66-3-12(35,36)18(47,48)24(59,60)21(53,54)15(41,42)6(29)30/h4-6H,1-3H2. The molecule has 0 N–H and O–H groups in total. The number of ether oxygens (including phenoxy) is 3. The third-order valence-electron chi connectivity index (χ3n) is 7.54. The van der Waals surface area contributed by atoms with Crippen LogP contribution in [0.15, 0.2) is 0 Å². The minimum absolute atomic E-state index is 1.94. The summed E-state index contributed by atoms with van der Waals surface area (Å²) in [6.45, 7) is -12.3. The fraction of sp³-hybridized carbons (Fsp3) is 0.875. The van der Waals surface area contributed by atoms with Gasteiger partial charge < -0.3 is 14.2 Å². The highest BCUT2D eigenvalue weighted by atomic mass is 19.4. The molecule has 0 aromatic carbocycles. The Morgan fingerprint density at radius 2 is 0.409 bits per heavy atom. The van der Waals surface area contributed by atoms with E-state index in [0.29, 0.717) is 0 Å².